The van der Waals surface area contributed by atoms with E-state index in [0.717, 1.165) is 25.3 Å². The second kappa shape index (κ2) is 6.42. The Bertz CT molecular complexity index is 593. The van der Waals surface area contributed by atoms with Crippen molar-refractivity contribution in [3.8, 4) is 0 Å². The smallest absolute Gasteiger partial charge is 0.240 e. The third kappa shape index (κ3) is 4.02. The van der Waals surface area contributed by atoms with Gasteiger partial charge in [-0.05, 0) is 49.3 Å². The van der Waals surface area contributed by atoms with Gasteiger partial charge >= 0.3 is 0 Å². The Morgan fingerprint density at radius 2 is 1.86 bits per heavy atom. The first-order valence-corrected chi connectivity index (χ1v) is 8.71. The number of hydrogen-bond acceptors (Lipinski definition) is 3. The van der Waals surface area contributed by atoms with Crippen molar-refractivity contribution in [2.45, 2.75) is 50.7 Å². The fourth-order valence-electron chi connectivity index (χ4n) is 3.17. The number of aliphatic hydroxyl groups is 1. The van der Waals surface area contributed by atoms with Crippen LogP contribution in [0.15, 0.2) is 23.1 Å². The molecule has 0 radical (unpaired) electrons. The quantitative estimate of drug-likeness (QED) is 0.897. The van der Waals surface area contributed by atoms with E-state index in [-0.39, 0.29) is 16.5 Å². The van der Waals surface area contributed by atoms with Crippen LogP contribution in [0.4, 0.5) is 4.39 Å². The average molecular weight is 315 g/mol. The summed E-state index contributed by atoms with van der Waals surface area (Å²) in [6.07, 6.45) is 2.75. The minimum Gasteiger partial charge on any atom is -0.392 e. The maximum atomic E-state index is 13.3. The molecule has 6 heteroatoms. The fourth-order valence-corrected chi connectivity index (χ4v) is 4.48. The Balaban J connectivity index is 2.18. The Labute approximate surface area is 125 Å². The van der Waals surface area contributed by atoms with Gasteiger partial charge in [0.1, 0.15) is 5.82 Å². The van der Waals surface area contributed by atoms with Crippen LogP contribution in [0.3, 0.4) is 0 Å². The molecule has 1 saturated carbocycles. The van der Waals surface area contributed by atoms with E-state index in [9.17, 15) is 12.8 Å². The molecule has 0 saturated heterocycles. The van der Waals surface area contributed by atoms with Crippen molar-refractivity contribution < 1.29 is 17.9 Å². The highest BCUT2D eigenvalue weighted by Gasteiger charge is 2.28. The molecule has 0 aliphatic heterocycles. The molecule has 2 N–H and O–H groups in total. The highest BCUT2D eigenvalue weighted by Crippen LogP contribution is 2.29. The Morgan fingerprint density at radius 1 is 1.24 bits per heavy atom. The van der Waals surface area contributed by atoms with Crippen LogP contribution in [-0.2, 0) is 16.6 Å². The van der Waals surface area contributed by atoms with Crippen molar-refractivity contribution in [2.75, 3.05) is 0 Å². The summed E-state index contributed by atoms with van der Waals surface area (Å²) in [4.78, 5) is -0.00108. The maximum Gasteiger partial charge on any atom is 0.240 e. The van der Waals surface area contributed by atoms with Crippen molar-refractivity contribution in [1.82, 2.24) is 4.72 Å². The van der Waals surface area contributed by atoms with Gasteiger partial charge in [0.2, 0.25) is 10.0 Å². The van der Waals surface area contributed by atoms with Crippen LogP contribution in [0.1, 0.15) is 38.7 Å². The maximum absolute atomic E-state index is 13.3. The van der Waals surface area contributed by atoms with E-state index >= 15 is 0 Å². The van der Waals surface area contributed by atoms with Gasteiger partial charge in [0.25, 0.3) is 0 Å². The average Bonchev–Trinajstić information content (AvgIpc) is 2.37. The second-order valence-corrected chi connectivity index (χ2v) is 7.86. The first-order chi connectivity index (χ1) is 9.81. The highest BCUT2D eigenvalue weighted by molar-refractivity contribution is 7.89. The minimum absolute atomic E-state index is 0.00108. The molecular formula is C15H22FNO3S. The van der Waals surface area contributed by atoms with Gasteiger partial charge in [-0.1, -0.05) is 13.8 Å². The SMILES string of the molecule is CC1CC(C)CC(NS(=O)(=O)c2ccc(F)c(CO)c2)C1. The molecule has 0 amide bonds. The summed E-state index contributed by atoms with van der Waals surface area (Å²) in [5, 5.41) is 9.04. The molecule has 118 valence electrons. The van der Waals surface area contributed by atoms with Crippen molar-refractivity contribution in [1.29, 1.82) is 0 Å². The first kappa shape index (κ1) is 16.4. The summed E-state index contributed by atoms with van der Waals surface area (Å²) >= 11 is 0. The summed E-state index contributed by atoms with van der Waals surface area (Å²) in [7, 11) is -3.68. The predicted molar refractivity (Wildman–Crippen MR) is 78.6 cm³/mol. The lowest BCUT2D eigenvalue weighted by molar-refractivity contribution is 0.257. The number of rotatable bonds is 4. The van der Waals surface area contributed by atoms with Crippen LogP contribution in [-0.4, -0.2) is 19.6 Å². The molecule has 0 heterocycles. The van der Waals surface area contributed by atoms with Gasteiger partial charge in [-0.25, -0.2) is 17.5 Å². The minimum atomic E-state index is -3.68. The summed E-state index contributed by atoms with van der Waals surface area (Å²) in [6.45, 7) is 3.73. The van der Waals surface area contributed by atoms with E-state index in [1.165, 1.54) is 12.1 Å². The zero-order valence-electron chi connectivity index (χ0n) is 12.3. The number of halogens is 1. The van der Waals surface area contributed by atoms with Crippen LogP contribution >= 0.6 is 0 Å². The van der Waals surface area contributed by atoms with E-state index in [1.807, 2.05) is 0 Å². The first-order valence-electron chi connectivity index (χ1n) is 7.23. The van der Waals surface area contributed by atoms with Crippen LogP contribution in [0.25, 0.3) is 0 Å². The van der Waals surface area contributed by atoms with Crippen LogP contribution in [0.5, 0.6) is 0 Å². The molecule has 2 unspecified atom stereocenters. The lowest BCUT2D eigenvalue weighted by Gasteiger charge is -2.31. The zero-order valence-corrected chi connectivity index (χ0v) is 13.2. The molecule has 21 heavy (non-hydrogen) atoms. The Hall–Kier alpha value is -0.980. The zero-order chi connectivity index (χ0) is 15.6. The molecule has 1 aromatic carbocycles. The second-order valence-electron chi connectivity index (χ2n) is 6.15. The van der Waals surface area contributed by atoms with Gasteiger partial charge in [0.05, 0.1) is 11.5 Å². The van der Waals surface area contributed by atoms with E-state index < -0.39 is 22.4 Å². The van der Waals surface area contributed by atoms with E-state index in [4.69, 9.17) is 5.11 Å². The van der Waals surface area contributed by atoms with Crippen molar-refractivity contribution in [3.05, 3.63) is 29.6 Å². The summed E-state index contributed by atoms with van der Waals surface area (Å²) < 4.78 is 40.8. The normalized spacial score (nSPS) is 26.8. The number of sulfonamides is 1. The van der Waals surface area contributed by atoms with E-state index in [1.54, 1.807) is 0 Å². The molecule has 1 aliphatic rings. The van der Waals surface area contributed by atoms with Crippen molar-refractivity contribution >= 4 is 10.0 Å². The molecule has 2 rings (SSSR count). The molecule has 1 aliphatic carbocycles. The van der Waals surface area contributed by atoms with Gasteiger partial charge in [0.15, 0.2) is 0 Å². The standard InChI is InChI=1S/C15H22FNO3S/c1-10-5-11(2)7-13(6-10)17-21(19,20)14-3-4-15(16)12(8-14)9-18/h3-4,8,10-11,13,17-18H,5-7,9H2,1-2H3. The monoisotopic (exact) mass is 315 g/mol. The van der Waals surface area contributed by atoms with Crippen LogP contribution in [0.2, 0.25) is 0 Å². The number of nitrogens with one attached hydrogen (secondary N) is 1. The van der Waals surface area contributed by atoms with Gasteiger partial charge in [-0.15, -0.1) is 0 Å². The topological polar surface area (TPSA) is 66.4 Å². The Morgan fingerprint density at radius 3 is 2.43 bits per heavy atom. The highest BCUT2D eigenvalue weighted by atomic mass is 32.2. The van der Waals surface area contributed by atoms with Crippen molar-refractivity contribution in [3.63, 3.8) is 0 Å². The fraction of sp³-hybridized carbons (Fsp3) is 0.600. The van der Waals surface area contributed by atoms with E-state index in [2.05, 4.69) is 18.6 Å². The molecule has 0 bridgehead atoms. The number of benzene rings is 1. The molecular weight excluding hydrogens is 293 g/mol. The predicted octanol–water partition coefficient (Wildman–Crippen LogP) is 2.42. The number of hydrogen-bond donors (Lipinski definition) is 2. The molecule has 0 aromatic heterocycles. The molecule has 1 fully saturated rings. The Kier molecular flexibility index (Phi) is 5.01. The van der Waals surface area contributed by atoms with Gasteiger partial charge < -0.3 is 5.11 Å². The lowest BCUT2D eigenvalue weighted by Crippen LogP contribution is -2.40. The van der Waals surface area contributed by atoms with Gasteiger partial charge in [-0.3, -0.25) is 0 Å². The third-order valence-electron chi connectivity index (χ3n) is 4.00. The number of aliphatic hydroxyl groups excluding tert-OH is 1. The summed E-state index contributed by atoms with van der Waals surface area (Å²) in [6, 6.07) is 3.41. The molecule has 0 spiro atoms. The largest absolute Gasteiger partial charge is 0.392 e. The van der Waals surface area contributed by atoms with Crippen molar-refractivity contribution in [2.24, 2.45) is 11.8 Å². The lowest BCUT2D eigenvalue weighted by atomic mass is 9.81. The summed E-state index contributed by atoms with van der Waals surface area (Å²) in [5.74, 6) is 0.377. The molecule has 4 nitrogen and oxygen atoms in total. The van der Waals surface area contributed by atoms with Crippen LogP contribution < -0.4 is 4.72 Å². The summed E-state index contributed by atoms with van der Waals surface area (Å²) in [5.41, 5.74) is -0.0109. The van der Waals surface area contributed by atoms with E-state index in [0.29, 0.717) is 11.8 Å². The molecule has 1 aromatic rings. The molecule has 2 atom stereocenters. The van der Waals surface area contributed by atoms with Crippen LogP contribution in [0, 0.1) is 17.7 Å². The van der Waals surface area contributed by atoms with Gasteiger partial charge in [0, 0.05) is 11.6 Å². The third-order valence-corrected chi connectivity index (χ3v) is 5.52. The van der Waals surface area contributed by atoms with Gasteiger partial charge in [-0.2, -0.15) is 0 Å².